The van der Waals surface area contributed by atoms with Crippen LogP contribution >= 0.6 is 0 Å². The lowest BCUT2D eigenvalue weighted by Gasteiger charge is -2.49. The second-order valence-corrected chi connectivity index (χ2v) is 8.70. The quantitative estimate of drug-likeness (QED) is 0.476. The Bertz CT molecular complexity index is 1200. The van der Waals surface area contributed by atoms with E-state index in [9.17, 15) is 19.1 Å². The summed E-state index contributed by atoms with van der Waals surface area (Å²) in [5.41, 5.74) is 1.23. The molecule has 7 nitrogen and oxygen atoms in total. The van der Waals surface area contributed by atoms with Crippen LogP contribution in [0.15, 0.2) is 66.9 Å². The van der Waals surface area contributed by atoms with Crippen molar-refractivity contribution in [1.82, 2.24) is 10.3 Å². The Kier molecular flexibility index (Phi) is 7.00. The van der Waals surface area contributed by atoms with Gasteiger partial charge in [0.25, 0.3) is 5.91 Å². The fourth-order valence-electron chi connectivity index (χ4n) is 4.49. The minimum Gasteiger partial charge on any atom is -0.503 e. The number of hydrogen-bond acceptors (Lipinski definition) is 6. The molecule has 1 aliphatic carbocycles. The molecule has 35 heavy (non-hydrogen) atoms. The van der Waals surface area contributed by atoms with E-state index >= 15 is 0 Å². The minimum atomic E-state index is -0.988. The van der Waals surface area contributed by atoms with E-state index in [2.05, 4.69) is 10.3 Å². The molecule has 2 aromatic carbocycles. The molecule has 0 bridgehead atoms. The first kappa shape index (κ1) is 24.2. The van der Waals surface area contributed by atoms with Crippen LogP contribution in [-0.4, -0.2) is 41.2 Å². The molecule has 1 aliphatic rings. The van der Waals surface area contributed by atoms with Gasteiger partial charge in [0.15, 0.2) is 17.2 Å². The van der Waals surface area contributed by atoms with Crippen LogP contribution in [0.5, 0.6) is 11.5 Å². The normalized spacial score (nSPS) is 19.8. The lowest BCUT2D eigenvalue weighted by Crippen LogP contribution is -2.54. The summed E-state index contributed by atoms with van der Waals surface area (Å²) < 4.78 is 24.5. The summed E-state index contributed by atoms with van der Waals surface area (Å²) in [6, 6.07) is 16.6. The zero-order valence-corrected chi connectivity index (χ0v) is 19.5. The first-order valence-corrected chi connectivity index (χ1v) is 11.4. The van der Waals surface area contributed by atoms with Gasteiger partial charge in [-0.25, -0.2) is 14.2 Å². The summed E-state index contributed by atoms with van der Waals surface area (Å²) in [7, 11) is 1.36. The van der Waals surface area contributed by atoms with Crippen molar-refractivity contribution in [2.75, 3.05) is 7.11 Å². The van der Waals surface area contributed by atoms with Crippen molar-refractivity contribution >= 4 is 11.9 Å². The highest BCUT2D eigenvalue weighted by Gasteiger charge is 2.50. The molecular formula is C27H27FN2O5. The molecule has 8 heteroatoms. The van der Waals surface area contributed by atoms with E-state index in [1.807, 2.05) is 30.3 Å². The SMILES string of the molecule is COc1ccnc(C(=O)N[C@@H](C)C(=O)OC2CCC2(Cc2ccccc2)c2ccc(F)cc2)c1O. The van der Waals surface area contributed by atoms with Crippen molar-refractivity contribution in [3.05, 3.63) is 89.5 Å². The fraction of sp³-hybridized carbons (Fsp3) is 0.296. The molecule has 4 rings (SSSR count). The molecular weight excluding hydrogens is 451 g/mol. The smallest absolute Gasteiger partial charge is 0.328 e. The third-order valence-corrected chi connectivity index (χ3v) is 6.53. The molecule has 3 atom stereocenters. The summed E-state index contributed by atoms with van der Waals surface area (Å²) in [6.07, 6.45) is 2.93. The Balaban J connectivity index is 1.50. The fourth-order valence-corrected chi connectivity index (χ4v) is 4.49. The number of carbonyl (C=O) groups excluding carboxylic acids is 2. The Morgan fingerprint density at radius 3 is 2.51 bits per heavy atom. The maximum Gasteiger partial charge on any atom is 0.328 e. The van der Waals surface area contributed by atoms with E-state index < -0.39 is 35.2 Å². The van der Waals surface area contributed by atoms with Gasteiger partial charge in [0.05, 0.1) is 7.11 Å². The number of carbonyl (C=O) groups is 2. The zero-order valence-electron chi connectivity index (χ0n) is 19.5. The molecule has 1 fully saturated rings. The Hall–Kier alpha value is -3.94. The van der Waals surface area contributed by atoms with Gasteiger partial charge in [-0.2, -0.15) is 0 Å². The molecule has 182 valence electrons. The maximum atomic E-state index is 13.6. The lowest BCUT2D eigenvalue weighted by atomic mass is 9.59. The van der Waals surface area contributed by atoms with Gasteiger partial charge >= 0.3 is 5.97 Å². The van der Waals surface area contributed by atoms with E-state index in [0.717, 1.165) is 17.5 Å². The number of benzene rings is 2. The van der Waals surface area contributed by atoms with Gasteiger partial charge in [-0.05, 0) is 49.4 Å². The molecule has 1 saturated carbocycles. The van der Waals surface area contributed by atoms with E-state index in [4.69, 9.17) is 9.47 Å². The molecule has 0 saturated heterocycles. The van der Waals surface area contributed by atoms with E-state index in [0.29, 0.717) is 12.8 Å². The van der Waals surface area contributed by atoms with Crippen LogP contribution in [0.25, 0.3) is 0 Å². The number of halogens is 1. The molecule has 1 aromatic heterocycles. The van der Waals surface area contributed by atoms with Gasteiger partial charge in [0.2, 0.25) is 0 Å². The van der Waals surface area contributed by atoms with Gasteiger partial charge in [0.1, 0.15) is 18.0 Å². The highest BCUT2D eigenvalue weighted by atomic mass is 19.1. The number of esters is 1. The van der Waals surface area contributed by atoms with Gasteiger partial charge < -0.3 is 19.9 Å². The van der Waals surface area contributed by atoms with Crippen molar-refractivity contribution < 1.29 is 28.6 Å². The Labute approximate surface area is 202 Å². The molecule has 0 radical (unpaired) electrons. The third-order valence-electron chi connectivity index (χ3n) is 6.53. The first-order chi connectivity index (χ1) is 16.8. The molecule has 3 aromatic rings. The predicted octanol–water partition coefficient (Wildman–Crippen LogP) is 3.94. The van der Waals surface area contributed by atoms with Crippen molar-refractivity contribution in [2.24, 2.45) is 0 Å². The van der Waals surface area contributed by atoms with E-state index in [1.165, 1.54) is 38.4 Å². The van der Waals surface area contributed by atoms with Crippen LogP contribution in [-0.2, 0) is 21.4 Å². The highest BCUT2D eigenvalue weighted by molar-refractivity contribution is 5.97. The van der Waals surface area contributed by atoms with Crippen molar-refractivity contribution in [3.63, 3.8) is 0 Å². The molecule has 0 spiro atoms. The van der Waals surface area contributed by atoms with E-state index in [1.54, 1.807) is 12.1 Å². The number of pyridine rings is 1. The highest BCUT2D eigenvalue weighted by Crippen LogP contribution is 2.48. The molecule has 2 N–H and O–H groups in total. The number of aromatic nitrogens is 1. The van der Waals surface area contributed by atoms with Crippen LogP contribution < -0.4 is 10.1 Å². The largest absolute Gasteiger partial charge is 0.503 e. The predicted molar refractivity (Wildman–Crippen MR) is 127 cm³/mol. The second-order valence-electron chi connectivity index (χ2n) is 8.70. The average molecular weight is 479 g/mol. The molecule has 0 aliphatic heterocycles. The molecule has 1 heterocycles. The zero-order chi connectivity index (χ0) is 25.0. The first-order valence-electron chi connectivity index (χ1n) is 11.4. The van der Waals surface area contributed by atoms with Crippen LogP contribution in [0, 0.1) is 5.82 Å². The molecule has 1 amide bonds. The minimum absolute atomic E-state index is 0.0971. The van der Waals surface area contributed by atoms with Crippen molar-refractivity contribution in [1.29, 1.82) is 0 Å². The van der Waals surface area contributed by atoms with Gasteiger partial charge in [-0.15, -0.1) is 0 Å². The standard InChI is InChI=1S/C27H27FN2O5/c1-17(30-25(32)23-24(31)21(34-2)13-15-29-23)26(33)35-22-12-14-27(22,16-18-6-4-3-5-7-18)19-8-10-20(28)11-9-19/h3-11,13,15,17,22,31H,12,14,16H2,1-2H3,(H,30,32)/t17-,22?,27?/m0/s1. The molecule has 2 unspecified atom stereocenters. The number of nitrogens with zero attached hydrogens (tertiary/aromatic N) is 1. The summed E-state index contributed by atoms with van der Waals surface area (Å²) in [4.78, 5) is 29.4. The Morgan fingerprint density at radius 1 is 1.17 bits per heavy atom. The monoisotopic (exact) mass is 478 g/mol. The van der Waals surface area contributed by atoms with Crippen LogP contribution in [0.3, 0.4) is 0 Å². The van der Waals surface area contributed by atoms with Gasteiger partial charge in [-0.3, -0.25) is 4.79 Å². The van der Waals surface area contributed by atoms with Crippen LogP contribution in [0.2, 0.25) is 0 Å². The Morgan fingerprint density at radius 2 is 1.89 bits per heavy atom. The average Bonchev–Trinajstić information content (AvgIpc) is 2.86. The third kappa shape index (κ3) is 4.96. The maximum absolute atomic E-state index is 13.6. The topological polar surface area (TPSA) is 97.8 Å². The second kappa shape index (κ2) is 10.1. The van der Waals surface area contributed by atoms with Gasteiger partial charge in [-0.1, -0.05) is 42.5 Å². The van der Waals surface area contributed by atoms with Gasteiger partial charge in [0, 0.05) is 17.7 Å². The number of nitrogens with one attached hydrogen (secondary N) is 1. The number of methoxy groups -OCH3 is 1. The van der Waals surface area contributed by atoms with Crippen LogP contribution in [0.1, 0.15) is 41.4 Å². The summed E-state index contributed by atoms with van der Waals surface area (Å²) >= 11 is 0. The number of ether oxygens (including phenoxy) is 2. The van der Waals surface area contributed by atoms with E-state index in [-0.39, 0.29) is 17.3 Å². The number of hydrogen-bond donors (Lipinski definition) is 2. The lowest BCUT2D eigenvalue weighted by molar-refractivity contribution is -0.162. The van der Waals surface area contributed by atoms with Crippen molar-refractivity contribution in [2.45, 2.75) is 43.7 Å². The number of aromatic hydroxyl groups is 1. The summed E-state index contributed by atoms with van der Waals surface area (Å²) in [6.45, 7) is 1.51. The summed E-state index contributed by atoms with van der Waals surface area (Å²) in [5.74, 6) is -1.98. The van der Waals surface area contributed by atoms with Crippen molar-refractivity contribution in [3.8, 4) is 11.5 Å². The number of amides is 1. The van der Waals surface area contributed by atoms with Crippen LogP contribution in [0.4, 0.5) is 4.39 Å². The summed E-state index contributed by atoms with van der Waals surface area (Å²) in [5, 5.41) is 12.7. The number of rotatable bonds is 8.